The molecule has 0 aliphatic rings. The summed E-state index contributed by atoms with van der Waals surface area (Å²) in [6.45, 7) is 4.05. The zero-order chi connectivity index (χ0) is 13.1. The van der Waals surface area contributed by atoms with E-state index < -0.39 is 5.97 Å². The number of carbonyl (C=O) groups is 1. The summed E-state index contributed by atoms with van der Waals surface area (Å²) in [5, 5.41) is 12.3. The van der Waals surface area contributed by atoms with Crippen molar-refractivity contribution in [2.75, 3.05) is 5.32 Å². The van der Waals surface area contributed by atoms with E-state index in [-0.39, 0.29) is 22.9 Å². The van der Waals surface area contributed by atoms with E-state index in [9.17, 15) is 4.79 Å². The Kier molecular flexibility index (Phi) is 5.17. The summed E-state index contributed by atoms with van der Waals surface area (Å²) < 4.78 is 0. The number of aryl methyl sites for hydroxylation is 1. The van der Waals surface area contributed by atoms with Crippen molar-refractivity contribution in [3.63, 3.8) is 0 Å². The number of para-hydroxylation sites is 1. The lowest BCUT2D eigenvalue weighted by molar-refractivity contribution is 0.0698. The van der Waals surface area contributed by atoms with Gasteiger partial charge in [0, 0.05) is 5.69 Å². The van der Waals surface area contributed by atoms with E-state index in [1.54, 1.807) is 18.2 Å². The van der Waals surface area contributed by atoms with E-state index in [1.807, 2.05) is 38.1 Å². The van der Waals surface area contributed by atoms with Gasteiger partial charge in [-0.15, -0.1) is 0 Å². The molecule has 19 heavy (non-hydrogen) atoms. The monoisotopic (exact) mass is 271 g/mol. The van der Waals surface area contributed by atoms with Crippen molar-refractivity contribution in [1.82, 2.24) is 0 Å². The SMILES string of the molecule is Cc1cccc(Nc2ccccc2C(=O)O)c1C.[AlH3]. The smallest absolute Gasteiger partial charge is 0.337 e. The molecule has 2 rings (SSSR count). The van der Waals surface area contributed by atoms with E-state index in [4.69, 9.17) is 5.11 Å². The van der Waals surface area contributed by atoms with Gasteiger partial charge in [0.1, 0.15) is 0 Å². The van der Waals surface area contributed by atoms with Crippen LogP contribution in [0.4, 0.5) is 11.4 Å². The van der Waals surface area contributed by atoms with Gasteiger partial charge in [-0.1, -0.05) is 24.3 Å². The van der Waals surface area contributed by atoms with Crippen LogP contribution in [0.2, 0.25) is 0 Å². The highest BCUT2D eigenvalue weighted by molar-refractivity contribution is 5.95. The first-order valence-corrected chi connectivity index (χ1v) is 5.75. The maximum atomic E-state index is 11.1. The molecule has 98 valence electrons. The van der Waals surface area contributed by atoms with Crippen LogP contribution in [0.5, 0.6) is 0 Å². The molecule has 0 aromatic heterocycles. The lowest BCUT2D eigenvalue weighted by Crippen LogP contribution is -2.03. The summed E-state index contributed by atoms with van der Waals surface area (Å²) in [4.78, 5) is 11.1. The minimum Gasteiger partial charge on any atom is -0.478 e. The van der Waals surface area contributed by atoms with Crippen molar-refractivity contribution in [2.24, 2.45) is 0 Å². The van der Waals surface area contributed by atoms with Gasteiger partial charge in [-0.05, 0) is 43.2 Å². The molecule has 0 amide bonds. The quantitative estimate of drug-likeness (QED) is 0.843. The zero-order valence-electron chi connectivity index (χ0n) is 10.4. The first kappa shape index (κ1) is 15.3. The molecule has 0 radical (unpaired) electrons. The van der Waals surface area contributed by atoms with E-state index >= 15 is 0 Å². The summed E-state index contributed by atoms with van der Waals surface area (Å²) in [5.41, 5.74) is 4.12. The second-order valence-corrected chi connectivity index (χ2v) is 4.22. The van der Waals surface area contributed by atoms with Gasteiger partial charge in [-0.25, -0.2) is 4.79 Å². The highest BCUT2D eigenvalue weighted by Crippen LogP contribution is 2.25. The highest BCUT2D eigenvalue weighted by atomic mass is 27.0. The Morgan fingerprint density at radius 2 is 1.63 bits per heavy atom. The molecule has 4 heteroatoms. The van der Waals surface area contributed by atoms with Crippen LogP contribution < -0.4 is 5.32 Å². The van der Waals surface area contributed by atoms with Crippen molar-refractivity contribution in [3.05, 3.63) is 59.2 Å². The second kappa shape index (κ2) is 6.42. The van der Waals surface area contributed by atoms with Crippen LogP contribution in [0.3, 0.4) is 0 Å². The average Bonchev–Trinajstić information content (AvgIpc) is 2.35. The fraction of sp³-hybridized carbons (Fsp3) is 0.133. The molecule has 2 N–H and O–H groups in total. The van der Waals surface area contributed by atoms with Crippen LogP contribution >= 0.6 is 0 Å². The van der Waals surface area contributed by atoms with Gasteiger partial charge >= 0.3 is 5.97 Å². The maximum Gasteiger partial charge on any atom is 0.337 e. The first-order chi connectivity index (χ1) is 8.59. The van der Waals surface area contributed by atoms with E-state index in [0.29, 0.717) is 5.69 Å². The molecule has 0 aliphatic heterocycles. The molecular weight excluding hydrogens is 253 g/mol. The van der Waals surface area contributed by atoms with Crippen LogP contribution in [0.1, 0.15) is 21.5 Å². The van der Waals surface area contributed by atoms with Crippen molar-refractivity contribution in [1.29, 1.82) is 0 Å². The number of nitrogens with one attached hydrogen (secondary N) is 1. The summed E-state index contributed by atoms with van der Waals surface area (Å²) in [7, 11) is 0. The molecule has 2 aromatic rings. The largest absolute Gasteiger partial charge is 0.478 e. The number of benzene rings is 2. The van der Waals surface area contributed by atoms with E-state index in [2.05, 4.69) is 5.32 Å². The van der Waals surface area contributed by atoms with Gasteiger partial charge in [0.2, 0.25) is 0 Å². The Morgan fingerprint density at radius 3 is 2.32 bits per heavy atom. The van der Waals surface area contributed by atoms with Gasteiger partial charge in [0.25, 0.3) is 0 Å². The van der Waals surface area contributed by atoms with Gasteiger partial charge in [0.05, 0.1) is 11.3 Å². The molecule has 3 nitrogen and oxygen atoms in total. The van der Waals surface area contributed by atoms with Gasteiger partial charge in [0.15, 0.2) is 17.4 Å². The van der Waals surface area contributed by atoms with Crippen LogP contribution in [0, 0.1) is 13.8 Å². The minimum atomic E-state index is -0.927. The van der Waals surface area contributed by atoms with Crippen molar-refractivity contribution in [2.45, 2.75) is 13.8 Å². The summed E-state index contributed by atoms with van der Waals surface area (Å²) >= 11 is 0. The predicted molar refractivity (Wildman–Crippen MR) is 82.5 cm³/mol. The van der Waals surface area contributed by atoms with Gasteiger partial charge < -0.3 is 10.4 Å². The fourth-order valence-electron chi connectivity index (χ4n) is 1.81. The van der Waals surface area contributed by atoms with Crippen LogP contribution in [0.25, 0.3) is 0 Å². The Hall–Kier alpha value is -1.76. The third-order valence-electron chi connectivity index (χ3n) is 3.03. The van der Waals surface area contributed by atoms with Crippen molar-refractivity contribution >= 4 is 34.7 Å². The third kappa shape index (κ3) is 3.38. The lowest BCUT2D eigenvalue weighted by atomic mass is 10.1. The molecule has 0 saturated heterocycles. The van der Waals surface area contributed by atoms with Gasteiger partial charge in [-0.2, -0.15) is 0 Å². The Balaban J connectivity index is 0.00000180. The van der Waals surface area contributed by atoms with Crippen LogP contribution in [-0.4, -0.2) is 28.4 Å². The molecule has 0 saturated carbocycles. The fourth-order valence-corrected chi connectivity index (χ4v) is 1.81. The number of rotatable bonds is 3. The number of carboxylic acid groups (broad SMARTS) is 1. The number of anilines is 2. The molecule has 0 atom stereocenters. The number of hydrogen-bond donors (Lipinski definition) is 2. The molecule has 2 aromatic carbocycles. The Bertz CT molecular complexity index is 596. The second-order valence-electron chi connectivity index (χ2n) is 4.22. The molecule has 0 aliphatic carbocycles. The molecule has 0 unspecified atom stereocenters. The van der Waals surface area contributed by atoms with Crippen LogP contribution in [-0.2, 0) is 0 Å². The standard InChI is InChI=1S/C15H15NO2.Al.3H/c1-10-6-5-9-13(11(10)2)16-14-8-4-3-7-12(14)15(17)18;;;;/h3-9,16H,1-2H3,(H,17,18);;;;. The molecule has 0 heterocycles. The normalized spacial score (nSPS) is 9.58. The minimum absolute atomic E-state index is 0. The van der Waals surface area contributed by atoms with E-state index in [0.717, 1.165) is 11.3 Å². The number of hydrogen-bond acceptors (Lipinski definition) is 2. The van der Waals surface area contributed by atoms with Crippen molar-refractivity contribution in [3.8, 4) is 0 Å². The molecule has 0 fully saturated rings. The van der Waals surface area contributed by atoms with Gasteiger partial charge in [-0.3, -0.25) is 0 Å². The lowest BCUT2D eigenvalue weighted by Gasteiger charge is -2.13. The number of aromatic carboxylic acids is 1. The summed E-state index contributed by atoms with van der Waals surface area (Å²) in [6.07, 6.45) is 0. The maximum absolute atomic E-state index is 11.1. The highest BCUT2D eigenvalue weighted by Gasteiger charge is 2.10. The molecule has 0 bridgehead atoms. The Labute approximate surface area is 123 Å². The summed E-state index contributed by atoms with van der Waals surface area (Å²) in [6, 6.07) is 12.8. The van der Waals surface area contributed by atoms with Crippen LogP contribution in [0.15, 0.2) is 42.5 Å². The first-order valence-electron chi connectivity index (χ1n) is 5.75. The summed E-state index contributed by atoms with van der Waals surface area (Å²) in [5.74, 6) is -0.927. The topological polar surface area (TPSA) is 49.3 Å². The predicted octanol–water partition coefficient (Wildman–Crippen LogP) is 2.56. The molecular formula is C15H18AlNO2. The third-order valence-corrected chi connectivity index (χ3v) is 3.03. The zero-order valence-corrected chi connectivity index (χ0v) is 10.4. The Morgan fingerprint density at radius 1 is 1.00 bits per heavy atom. The van der Waals surface area contributed by atoms with E-state index in [1.165, 1.54) is 5.56 Å². The average molecular weight is 271 g/mol. The van der Waals surface area contributed by atoms with Crippen molar-refractivity contribution < 1.29 is 9.90 Å². The molecule has 0 spiro atoms. The number of carboxylic acids is 1.